The zero-order chi connectivity index (χ0) is 13.0. The van der Waals surface area contributed by atoms with Crippen molar-refractivity contribution in [2.75, 3.05) is 12.3 Å². The lowest BCUT2D eigenvalue weighted by molar-refractivity contribution is 0.0949. The van der Waals surface area contributed by atoms with Crippen LogP contribution in [0.1, 0.15) is 16.1 Å². The Kier molecular flexibility index (Phi) is 3.84. The van der Waals surface area contributed by atoms with Gasteiger partial charge in [-0.3, -0.25) is 4.79 Å². The van der Waals surface area contributed by atoms with Crippen molar-refractivity contribution in [3.63, 3.8) is 0 Å². The molecule has 0 aliphatic heterocycles. The Morgan fingerprint density at radius 2 is 2.33 bits per heavy atom. The Morgan fingerprint density at radius 3 is 3.00 bits per heavy atom. The van der Waals surface area contributed by atoms with Crippen LogP contribution in [-0.2, 0) is 6.42 Å². The number of rotatable bonds is 4. The molecule has 6 heteroatoms. The lowest BCUT2D eigenvalue weighted by Gasteiger charge is -2.03. The molecular weight excluding hydrogens is 254 g/mol. The van der Waals surface area contributed by atoms with Gasteiger partial charge in [0.15, 0.2) is 5.69 Å². The molecule has 0 fully saturated rings. The van der Waals surface area contributed by atoms with E-state index >= 15 is 0 Å². The smallest absolute Gasteiger partial charge is 0.292 e. The number of carbonyl (C=O) groups is 1. The fourth-order valence-electron chi connectivity index (χ4n) is 1.50. The highest BCUT2D eigenvalue weighted by Gasteiger charge is 2.09. The van der Waals surface area contributed by atoms with E-state index in [0.29, 0.717) is 18.0 Å². The second-order valence-corrected chi connectivity index (χ2v) is 4.14. The minimum absolute atomic E-state index is 0.0185. The number of nitrogens with zero attached hydrogens (tertiary/aromatic N) is 1. The van der Waals surface area contributed by atoms with Crippen LogP contribution in [0.3, 0.4) is 0 Å². The number of hydrogen-bond acceptors (Lipinski definition) is 4. The number of carbonyl (C=O) groups excluding carboxylic acids is 1. The van der Waals surface area contributed by atoms with E-state index in [4.69, 9.17) is 21.8 Å². The Labute approximate surface area is 109 Å². The first-order valence-electron chi connectivity index (χ1n) is 5.39. The number of halogens is 1. The normalized spacial score (nSPS) is 10.3. The van der Waals surface area contributed by atoms with Crippen molar-refractivity contribution < 1.29 is 9.21 Å². The van der Waals surface area contributed by atoms with Crippen LogP contribution in [-0.4, -0.2) is 17.4 Å². The number of nitrogens with one attached hydrogen (secondary N) is 1. The predicted octanol–water partition coefficient (Wildman–Crippen LogP) is 1.88. The van der Waals surface area contributed by atoms with E-state index < -0.39 is 0 Å². The van der Waals surface area contributed by atoms with Gasteiger partial charge in [0, 0.05) is 11.6 Å². The Balaban J connectivity index is 1.84. The van der Waals surface area contributed by atoms with Gasteiger partial charge in [-0.05, 0) is 24.1 Å². The van der Waals surface area contributed by atoms with E-state index in [1.165, 1.54) is 6.26 Å². The molecule has 0 saturated heterocycles. The molecule has 94 valence electrons. The van der Waals surface area contributed by atoms with E-state index in [1.54, 1.807) is 0 Å². The van der Waals surface area contributed by atoms with Gasteiger partial charge >= 0.3 is 0 Å². The molecule has 3 N–H and O–H groups in total. The number of aromatic nitrogens is 1. The van der Waals surface area contributed by atoms with Gasteiger partial charge < -0.3 is 15.5 Å². The van der Waals surface area contributed by atoms with E-state index in [-0.39, 0.29) is 17.6 Å². The maximum absolute atomic E-state index is 11.6. The lowest BCUT2D eigenvalue weighted by Crippen LogP contribution is -2.26. The first kappa shape index (κ1) is 12.4. The van der Waals surface area contributed by atoms with Gasteiger partial charge in [-0.15, -0.1) is 0 Å². The van der Waals surface area contributed by atoms with Crippen LogP contribution in [0.2, 0.25) is 5.02 Å². The Bertz CT molecular complexity index is 554. The van der Waals surface area contributed by atoms with Crippen LogP contribution >= 0.6 is 11.6 Å². The SMILES string of the molecule is Nc1nc(C(=O)NCCc2cccc(Cl)c2)co1. The molecule has 0 atom stereocenters. The molecular formula is C12H12ClN3O2. The maximum Gasteiger partial charge on any atom is 0.292 e. The summed E-state index contributed by atoms with van der Waals surface area (Å²) in [6.45, 7) is 0.492. The third-order valence-electron chi connectivity index (χ3n) is 2.34. The zero-order valence-electron chi connectivity index (χ0n) is 9.52. The van der Waals surface area contributed by atoms with Crippen LogP contribution in [0.4, 0.5) is 6.01 Å². The minimum atomic E-state index is -0.308. The van der Waals surface area contributed by atoms with Crippen molar-refractivity contribution in [1.82, 2.24) is 10.3 Å². The topological polar surface area (TPSA) is 81.1 Å². The lowest BCUT2D eigenvalue weighted by atomic mass is 10.1. The van der Waals surface area contributed by atoms with Gasteiger partial charge in [0.1, 0.15) is 6.26 Å². The molecule has 0 aliphatic rings. The van der Waals surface area contributed by atoms with E-state index in [2.05, 4.69) is 10.3 Å². The van der Waals surface area contributed by atoms with Crippen molar-refractivity contribution in [3.8, 4) is 0 Å². The number of nitrogens with two attached hydrogens (primary N) is 1. The second-order valence-electron chi connectivity index (χ2n) is 3.71. The van der Waals surface area contributed by atoms with Crippen LogP contribution in [0.15, 0.2) is 34.9 Å². The van der Waals surface area contributed by atoms with Crippen LogP contribution in [0.5, 0.6) is 0 Å². The predicted molar refractivity (Wildman–Crippen MR) is 68.4 cm³/mol. The number of anilines is 1. The molecule has 18 heavy (non-hydrogen) atoms. The summed E-state index contributed by atoms with van der Waals surface area (Å²) in [6.07, 6.45) is 1.92. The largest absolute Gasteiger partial charge is 0.431 e. The van der Waals surface area contributed by atoms with Crippen LogP contribution in [0.25, 0.3) is 0 Å². The standard InChI is InChI=1S/C12H12ClN3O2/c13-9-3-1-2-8(6-9)4-5-15-11(17)10-7-18-12(14)16-10/h1-3,6-7H,4-5H2,(H2,14,16)(H,15,17). The summed E-state index contributed by atoms with van der Waals surface area (Å²) in [6, 6.07) is 7.48. The van der Waals surface area contributed by atoms with Gasteiger partial charge in [-0.2, -0.15) is 4.98 Å². The summed E-state index contributed by atoms with van der Waals surface area (Å²) in [5.74, 6) is -0.308. The van der Waals surface area contributed by atoms with Gasteiger partial charge in [-0.1, -0.05) is 23.7 Å². The Morgan fingerprint density at radius 1 is 1.50 bits per heavy atom. The van der Waals surface area contributed by atoms with E-state index in [0.717, 1.165) is 5.56 Å². The number of amides is 1. The van der Waals surface area contributed by atoms with Crippen molar-refractivity contribution in [1.29, 1.82) is 0 Å². The molecule has 2 rings (SSSR count). The van der Waals surface area contributed by atoms with Gasteiger partial charge in [0.25, 0.3) is 11.9 Å². The summed E-state index contributed by atoms with van der Waals surface area (Å²) >= 11 is 5.86. The molecule has 1 heterocycles. The highest BCUT2D eigenvalue weighted by molar-refractivity contribution is 6.30. The highest BCUT2D eigenvalue weighted by Crippen LogP contribution is 2.10. The highest BCUT2D eigenvalue weighted by atomic mass is 35.5. The fraction of sp³-hybridized carbons (Fsp3) is 0.167. The molecule has 0 bridgehead atoms. The molecule has 1 amide bonds. The van der Waals surface area contributed by atoms with Crippen LogP contribution < -0.4 is 11.1 Å². The third-order valence-corrected chi connectivity index (χ3v) is 2.58. The number of nitrogen functional groups attached to an aromatic ring is 1. The third kappa shape index (κ3) is 3.24. The van der Waals surface area contributed by atoms with Gasteiger partial charge in [0.05, 0.1) is 0 Å². The van der Waals surface area contributed by atoms with Crippen molar-refractivity contribution >= 4 is 23.5 Å². The summed E-state index contributed by atoms with van der Waals surface area (Å²) in [5.41, 5.74) is 6.52. The second kappa shape index (κ2) is 5.55. The molecule has 5 nitrogen and oxygen atoms in total. The van der Waals surface area contributed by atoms with Gasteiger partial charge in [-0.25, -0.2) is 0 Å². The molecule has 1 aromatic carbocycles. The van der Waals surface area contributed by atoms with E-state index in [9.17, 15) is 4.79 Å². The number of benzene rings is 1. The molecule has 0 unspecified atom stereocenters. The minimum Gasteiger partial charge on any atom is -0.431 e. The molecule has 2 aromatic rings. The number of hydrogen-bond donors (Lipinski definition) is 2. The van der Waals surface area contributed by atoms with E-state index in [1.807, 2.05) is 24.3 Å². The van der Waals surface area contributed by atoms with Crippen molar-refractivity contribution in [2.24, 2.45) is 0 Å². The van der Waals surface area contributed by atoms with Gasteiger partial charge in [0.2, 0.25) is 0 Å². The van der Waals surface area contributed by atoms with Crippen molar-refractivity contribution in [3.05, 3.63) is 46.8 Å². The molecule has 0 spiro atoms. The average molecular weight is 266 g/mol. The molecule has 1 aromatic heterocycles. The maximum atomic E-state index is 11.6. The summed E-state index contributed by atoms with van der Waals surface area (Å²) in [4.78, 5) is 15.3. The molecule has 0 aliphatic carbocycles. The number of oxazole rings is 1. The first-order valence-corrected chi connectivity index (χ1v) is 5.76. The van der Waals surface area contributed by atoms with Crippen LogP contribution in [0, 0.1) is 0 Å². The summed E-state index contributed by atoms with van der Waals surface area (Å²) < 4.78 is 4.75. The summed E-state index contributed by atoms with van der Waals surface area (Å²) in [5, 5.41) is 3.40. The quantitative estimate of drug-likeness (QED) is 0.884. The molecule has 0 radical (unpaired) electrons. The average Bonchev–Trinajstić information content (AvgIpc) is 2.76. The Hall–Kier alpha value is -2.01. The summed E-state index contributed by atoms with van der Waals surface area (Å²) in [7, 11) is 0. The zero-order valence-corrected chi connectivity index (χ0v) is 10.3. The first-order chi connectivity index (χ1) is 8.65. The van der Waals surface area contributed by atoms with Crippen molar-refractivity contribution in [2.45, 2.75) is 6.42 Å². The fourth-order valence-corrected chi connectivity index (χ4v) is 1.71. The molecule has 0 saturated carbocycles. The monoisotopic (exact) mass is 265 g/mol.